The molecule has 146 valence electrons. The molecule has 1 aromatic heterocycles. The van der Waals surface area contributed by atoms with E-state index < -0.39 is 0 Å². The first-order valence-electron chi connectivity index (χ1n) is 9.50. The molecule has 3 aromatic carbocycles. The normalized spacial score (nSPS) is 11.0. The molecular formula is C24H22N2OS2. The number of hydrogen-bond acceptors (Lipinski definition) is 4. The Kier molecular flexibility index (Phi) is 5.97. The van der Waals surface area contributed by atoms with Crippen LogP contribution in [-0.2, 0) is 11.3 Å². The van der Waals surface area contributed by atoms with E-state index in [0.29, 0.717) is 12.3 Å². The Morgan fingerprint density at radius 3 is 2.38 bits per heavy atom. The van der Waals surface area contributed by atoms with Gasteiger partial charge in [0.25, 0.3) is 0 Å². The Bertz CT molecular complexity index is 1120. The predicted octanol–water partition coefficient (Wildman–Crippen LogP) is 6.24. The highest BCUT2D eigenvalue weighted by molar-refractivity contribution is 8.00. The summed E-state index contributed by atoms with van der Waals surface area (Å²) in [5.41, 5.74) is 4.48. The van der Waals surface area contributed by atoms with Crippen LogP contribution in [0.3, 0.4) is 0 Å². The van der Waals surface area contributed by atoms with Crippen LogP contribution in [0.15, 0.2) is 77.7 Å². The van der Waals surface area contributed by atoms with Gasteiger partial charge in [0.1, 0.15) is 0 Å². The van der Waals surface area contributed by atoms with E-state index in [1.54, 1.807) is 23.1 Å². The third-order valence-corrected chi connectivity index (χ3v) is 6.93. The second kappa shape index (κ2) is 8.80. The number of aromatic nitrogens is 1. The lowest BCUT2D eigenvalue weighted by Gasteiger charge is -2.20. The van der Waals surface area contributed by atoms with E-state index in [1.807, 2.05) is 65.6 Å². The number of carbonyl (C=O) groups is 1. The van der Waals surface area contributed by atoms with E-state index in [0.717, 1.165) is 25.8 Å². The third kappa shape index (κ3) is 4.52. The van der Waals surface area contributed by atoms with Gasteiger partial charge in [-0.3, -0.25) is 9.69 Å². The molecule has 4 rings (SSSR count). The first-order valence-corrected chi connectivity index (χ1v) is 11.3. The molecule has 3 nitrogen and oxygen atoms in total. The maximum atomic E-state index is 13.2. The SMILES string of the molecule is Cc1ccc2sc(N(Cc3ccccc3)C(=O)CSc3ccccc3)nc2c1C. The molecule has 0 spiro atoms. The maximum absolute atomic E-state index is 13.2. The number of fused-ring (bicyclic) bond motifs is 1. The quantitative estimate of drug-likeness (QED) is 0.348. The van der Waals surface area contributed by atoms with Gasteiger partial charge >= 0.3 is 0 Å². The molecule has 0 aliphatic heterocycles. The van der Waals surface area contributed by atoms with Crippen LogP contribution in [0.2, 0.25) is 0 Å². The fraction of sp³-hybridized carbons (Fsp3) is 0.167. The molecule has 0 atom stereocenters. The molecule has 1 heterocycles. The van der Waals surface area contributed by atoms with E-state index in [2.05, 4.69) is 26.0 Å². The number of benzene rings is 3. The molecule has 0 saturated carbocycles. The van der Waals surface area contributed by atoms with Crippen LogP contribution >= 0.6 is 23.1 Å². The zero-order chi connectivity index (χ0) is 20.2. The largest absolute Gasteiger partial charge is 0.283 e. The first kappa shape index (κ1) is 19.7. The summed E-state index contributed by atoms with van der Waals surface area (Å²) < 4.78 is 1.12. The Morgan fingerprint density at radius 1 is 0.966 bits per heavy atom. The van der Waals surface area contributed by atoms with Gasteiger partial charge in [-0.15, -0.1) is 11.8 Å². The molecule has 0 aliphatic carbocycles. The van der Waals surface area contributed by atoms with Gasteiger partial charge in [-0.05, 0) is 48.7 Å². The third-order valence-electron chi connectivity index (χ3n) is 4.89. The molecular weight excluding hydrogens is 396 g/mol. The average molecular weight is 419 g/mol. The Balaban J connectivity index is 1.64. The van der Waals surface area contributed by atoms with E-state index in [-0.39, 0.29) is 5.91 Å². The van der Waals surface area contributed by atoms with E-state index in [1.165, 1.54) is 11.1 Å². The molecule has 0 aliphatic rings. The summed E-state index contributed by atoms with van der Waals surface area (Å²) in [7, 11) is 0. The maximum Gasteiger partial charge on any atom is 0.239 e. The lowest BCUT2D eigenvalue weighted by Crippen LogP contribution is -2.31. The lowest BCUT2D eigenvalue weighted by atomic mass is 10.1. The summed E-state index contributed by atoms with van der Waals surface area (Å²) in [5.74, 6) is 0.446. The summed E-state index contributed by atoms with van der Waals surface area (Å²) in [6, 6.07) is 24.3. The summed E-state index contributed by atoms with van der Waals surface area (Å²) in [6.07, 6.45) is 0. The van der Waals surface area contributed by atoms with Gasteiger partial charge in [-0.25, -0.2) is 4.98 Å². The molecule has 29 heavy (non-hydrogen) atoms. The number of nitrogens with zero attached hydrogens (tertiary/aromatic N) is 2. The van der Waals surface area contributed by atoms with Gasteiger partial charge in [-0.2, -0.15) is 0 Å². The van der Waals surface area contributed by atoms with Crippen LogP contribution in [0.1, 0.15) is 16.7 Å². The molecule has 5 heteroatoms. The number of hydrogen-bond donors (Lipinski definition) is 0. The van der Waals surface area contributed by atoms with Crippen LogP contribution in [0.25, 0.3) is 10.2 Å². The van der Waals surface area contributed by atoms with Crippen molar-refractivity contribution in [3.05, 3.63) is 89.5 Å². The van der Waals surface area contributed by atoms with Crippen LogP contribution in [-0.4, -0.2) is 16.6 Å². The Morgan fingerprint density at radius 2 is 1.66 bits per heavy atom. The predicted molar refractivity (Wildman–Crippen MR) is 124 cm³/mol. The van der Waals surface area contributed by atoms with Crippen LogP contribution in [0, 0.1) is 13.8 Å². The topological polar surface area (TPSA) is 33.2 Å². The fourth-order valence-electron chi connectivity index (χ4n) is 3.10. The number of anilines is 1. The molecule has 0 fully saturated rings. The molecule has 0 unspecified atom stereocenters. The highest BCUT2D eigenvalue weighted by Gasteiger charge is 2.21. The number of carbonyl (C=O) groups excluding carboxylic acids is 1. The zero-order valence-corrected chi connectivity index (χ0v) is 18.1. The molecule has 0 bridgehead atoms. The van der Waals surface area contributed by atoms with E-state index >= 15 is 0 Å². The average Bonchev–Trinajstić information content (AvgIpc) is 3.19. The minimum Gasteiger partial charge on any atom is -0.283 e. The van der Waals surface area contributed by atoms with Crippen LogP contribution < -0.4 is 4.90 Å². The van der Waals surface area contributed by atoms with Crippen LogP contribution in [0.5, 0.6) is 0 Å². The number of thiazole rings is 1. The van der Waals surface area contributed by atoms with Crippen molar-refractivity contribution in [1.82, 2.24) is 4.98 Å². The molecule has 0 saturated heterocycles. The zero-order valence-electron chi connectivity index (χ0n) is 16.5. The van der Waals surface area contributed by atoms with Crippen molar-refractivity contribution in [2.24, 2.45) is 0 Å². The summed E-state index contributed by atoms with van der Waals surface area (Å²) in [5, 5.41) is 0.760. The van der Waals surface area contributed by atoms with Gasteiger partial charge in [0.05, 0.1) is 22.5 Å². The van der Waals surface area contributed by atoms with Crippen molar-refractivity contribution < 1.29 is 4.79 Å². The van der Waals surface area contributed by atoms with Crippen LogP contribution in [0.4, 0.5) is 5.13 Å². The van der Waals surface area contributed by atoms with Gasteiger partial charge in [-0.1, -0.05) is 65.9 Å². The minimum atomic E-state index is 0.0659. The summed E-state index contributed by atoms with van der Waals surface area (Å²) in [4.78, 5) is 21.0. The second-order valence-corrected chi connectivity index (χ2v) is 8.98. The Hall–Kier alpha value is -2.63. The molecule has 0 N–H and O–H groups in total. The highest BCUT2D eigenvalue weighted by Crippen LogP contribution is 2.33. The van der Waals surface area contributed by atoms with Gasteiger partial charge in [0.15, 0.2) is 5.13 Å². The van der Waals surface area contributed by atoms with Crippen molar-refractivity contribution in [2.45, 2.75) is 25.3 Å². The van der Waals surface area contributed by atoms with Gasteiger partial charge in [0, 0.05) is 4.90 Å². The number of aryl methyl sites for hydroxylation is 2. The fourth-order valence-corrected chi connectivity index (χ4v) is 4.94. The highest BCUT2D eigenvalue weighted by atomic mass is 32.2. The molecule has 0 radical (unpaired) electrons. The smallest absolute Gasteiger partial charge is 0.239 e. The summed E-state index contributed by atoms with van der Waals surface area (Å²) >= 11 is 3.14. The number of thioether (sulfide) groups is 1. The van der Waals surface area contributed by atoms with Crippen molar-refractivity contribution in [2.75, 3.05) is 10.7 Å². The van der Waals surface area contributed by atoms with Gasteiger partial charge in [0.2, 0.25) is 5.91 Å². The number of rotatable bonds is 6. The van der Waals surface area contributed by atoms with Crippen molar-refractivity contribution in [3.63, 3.8) is 0 Å². The standard InChI is InChI=1S/C24H22N2OS2/c1-17-13-14-21-23(18(17)2)25-24(29-21)26(15-19-9-5-3-6-10-19)22(27)16-28-20-11-7-4-8-12-20/h3-14H,15-16H2,1-2H3. The van der Waals surface area contributed by atoms with E-state index in [9.17, 15) is 4.79 Å². The molecule has 1 amide bonds. The summed E-state index contributed by atoms with van der Waals surface area (Å²) in [6.45, 7) is 4.71. The first-order chi connectivity index (χ1) is 14.1. The van der Waals surface area contributed by atoms with Gasteiger partial charge < -0.3 is 0 Å². The van der Waals surface area contributed by atoms with Crippen molar-refractivity contribution in [1.29, 1.82) is 0 Å². The van der Waals surface area contributed by atoms with Crippen molar-refractivity contribution in [3.8, 4) is 0 Å². The monoisotopic (exact) mass is 418 g/mol. The number of amides is 1. The minimum absolute atomic E-state index is 0.0659. The lowest BCUT2D eigenvalue weighted by molar-refractivity contribution is -0.116. The Labute approximate surface area is 179 Å². The van der Waals surface area contributed by atoms with E-state index in [4.69, 9.17) is 4.98 Å². The molecule has 4 aromatic rings. The van der Waals surface area contributed by atoms with Crippen molar-refractivity contribution >= 4 is 44.4 Å². The second-order valence-electron chi connectivity index (χ2n) is 6.92.